The van der Waals surface area contributed by atoms with Gasteiger partial charge in [0.1, 0.15) is 4.90 Å². The number of nitrogens with one attached hydrogen (secondary N) is 1. The summed E-state index contributed by atoms with van der Waals surface area (Å²) in [7, 11) is -3.71. The maximum absolute atomic E-state index is 12.5. The van der Waals surface area contributed by atoms with Gasteiger partial charge in [-0.25, -0.2) is 13.1 Å². The van der Waals surface area contributed by atoms with E-state index in [-0.39, 0.29) is 21.6 Å². The molecule has 3 rings (SSSR count). The number of nitrogens with two attached hydrogens (primary N) is 1. The number of rotatable bonds is 3. The van der Waals surface area contributed by atoms with Crippen molar-refractivity contribution >= 4 is 38.9 Å². The maximum Gasteiger partial charge on any atom is 0.244 e. The van der Waals surface area contributed by atoms with Gasteiger partial charge in [-0.1, -0.05) is 29.6 Å². The average Bonchev–Trinajstić information content (AvgIpc) is 2.87. The monoisotopic (exact) mass is 334 g/mol. The van der Waals surface area contributed by atoms with Gasteiger partial charge >= 0.3 is 0 Å². The Hall–Kier alpha value is -0.490. The van der Waals surface area contributed by atoms with E-state index in [1.54, 1.807) is 0 Å². The van der Waals surface area contributed by atoms with Crippen molar-refractivity contribution in [3.63, 3.8) is 0 Å². The predicted molar refractivity (Wildman–Crippen MR) is 80.4 cm³/mol. The van der Waals surface area contributed by atoms with Crippen LogP contribution in [0.15, 0.2) is 17.0 Å². The molecule has 0 saturated heterocycles. The molecule has 110 valence electrons. The van der Waals surface area contributed by atoms with E-state index < -0.39 is 10.0 Å². The van der Waals surface area contributed by atoms with Gasteiger partial charge in [0.05, 0.1) is 10.7 Å². The van der Waals surface area contributed by atoms with E-state index in [9.17, 15) is 8.42 Å². The molecule has 1 aromatic carbocycles. The lowest BCUT2D eigenvalue weighted by Crippen LogP contribution is -2.38. The summed E-state index contributed by atoms with van der Waals surface area (Å²) in [4.78, 5) is -0.0636. The second-order valence-corrected chi connectivity index (χ2v) is 8.20. The summed E-state index contributed by atoms with van der Waals surface area (Å²) >= 11 is 11.8. The number of halogens is 2. The Bertz CT molecular complexity index is 625. The number of anilines is 1. The van der Waals surface area contributed by atoms with Crippen LogP contribution in [0.4, 0.5) is 5.69 Å². The van der Waals surface area contributed by atoms with Gasteiger partial charge in [-0.15, -0.1) is 0 Å². The number of benzene rings is 1. The fourth-order valence-electron chi connectivity index (χ4n) is 3.51. The van der Waals surface area contributed by atoms with Gasteiger partial charge < -0.3 is 5.73 Å². The van der Waals surface area contributed by atoms with Gasteiger partial charge in [0.25, 0.3) is 0 Å². The summed E-state index contributed by atoms with van der Waals surface area (Å²) in [5, 5.41) is 0.386. The first-order valence-electron chi connectivity index (χ1n) is 6.63. The Morgan fingerprint density at radius 3 is 2.50 bits per heavy atom. The summed E-state index contributed by atoms with van der Waals surface area (Å²) in [6.45, 7) is 0. The smallest absolute Gasteiger partial charge is 0.244 e. The first-order valence-corrected chi connectivity index (χ1v) is 8.87. The van der Waals surface area contributed by atoms with Gasteiger partial charge in [-0.2, -0.15) is 0 Å². The van der Waals surface area contributed by atoms with Crippen molar-refractivity contribution in [1.29, 1.82) is 0 Å². The maximum atomic E-state index is 12.5. The molecule has 0 amide bonds. The zero-order valence-electron chi connectivity index (χ0n) is 10.8. The van der Waals surface area contributed by atoms with Gasteiger partial charge in [-0.3, -0.25) is 0 Å². The lowest BCUT2D eigenvalue weighted by Gasteiger charge is -2.23. The molecule has 3 atom stereocenters. The van der Waals surface area contributed by atoms with E-state index in [0.29, 0.717) is 16.9 Å². The van der Waals surface area contributed by atoms with Crippen LogP contribution >= 0.6 is 23.2 Å². The number of hydrogen-bond acceptors (Lipinski definition) is 3. The van der Waals surface area contributed by atoms with Crippen LogP contribution in [-0.2, 0) is 10.0 Å². The lowest BCUT2D eigenvalue weighted by molar-refractivity contribution is 0.390. The minimum absolute atomic E-state index is 0.00453. The topological polar surface area (TPSA) is 72.2 Å². The van der Waals surface area contributed by atoms with Crippen LogP contribution in [0.1, 0.15) is 25.7 Å². The van der Waals surface area contributed by atoms with Gasteiger partial charge in [0.2, 0.25) is 10.0 Å². The summed E-state index contributed by atoms with van der Waals surface area (Å²) in [5.41, 5.74) is 5.85. The van der Waals surface area contributed by atoms with Crippen molar-refractivity contribution in [3.05, 3.63) is 22.2 Å². The van der Waals surface area contributed by atoms with Crippen LogP contribution in [0.5, 0.6) is 0 Å². The molecule has 4 nitrogen and oxygen atoms in total. The Kier molecular flexibility index (Phi) is 3.65. The number of sulfonamides is 1. The molecule has 0 spiro atoms. The highest BCUT2D eigenvalue weighted by atomic mass is 35.5. The second kappa shape index (κ2) is 5.05. The summed E-state index contributed by atoms with van der Waals surface area (Å²) in [6, 6.07) is 2.81. The highest BCUT2D eigenvalue weighted by molar-refractivity contribution is 7.89. The normalized spacial score (nSPS) is 29.0. The summed E-state index contributed by atoms with van der Waals surface area (Å²) in [5.74, 6) is 1.10. The van der Waals surface area contributed by atoms with Crippen LogP contribution in [-0.4, -0.2) is 14.5 Å². The molecule has 0 heterocycles. The van der Waals surface area contributed by atoms with Crippen molar-refractivity contribution in [2.45, 2.75) is 36.6 Å². The van der Waals surface area contributed by atoms with Crippen molar-refractivity contribution < 1.29 is 8.42 Å². The molecule has 0 aromatic heterocycles. The Morgan fingerprint density at radius 1 is 1.20 bits per heavy atom. The van der Waals surface area contributed by atoms with Crippen molar-refractivity contribution in [1.82, 2.24) is 4.72 Å². The molecule has 0 aliphatic heterocycles. The molecule has 2 saturated carbocycles. The Morgan fingerprint density at radius 2 is 1.95 bits per heavy atom. The zero-order chi connectivity index (χ0) is 14.5. The van der Waals surface area contributed by atoms with Crippen LogP contribution < -0.4 is 10.5 Å². The number of nitrogen functional groups attached to an aromatic ring is 1. The SMILES string of the molecule is Nc1cc(Cl)cc(Cl)c1S(=O)(=O)NC1CC2CCC1C2. The predicted octanol–water partition coefficient (Wildman–Crippen LogP) is 3.04. The minimum Gasteiger partial charge on any atom is -0.398 e. The van der Waals surface area contributed by atoms with Crippen LogP contribution in [0.2, 0.25) is 10.0 Å². The van der Waals surface area contributed by atoms with E-state index in [2.05, 4.69) is 4.72 Å². The Balaban J connectivity index is 1.89. The molecule has 0 radical (unpaired) electrons. The molecule has 2 aliphatic rings. The highest BCUT2D eigenvalue weighted by Crippen LogP contribution is 2.45. The quantitative estimate of drug-likeness (QED) is 0.834. The lowest BCUT2D eigenvalue weighted by atomic mass is 9.96. The molecule has 1 aromatic rings. The van der Waals surface area contributed by atoms with E-state index in [1.807, 2.05) is 0 Å². The zero-order valence-corrected chi connectivity index (χ0v) is 13.1. The molecule has 3 N–H and O–H groups in total. The van der Waals surface area contributed by atoms with E-state index in [4.69, 9.17) is 28.9 Å². The minimum atomic E-state index is -3.71. The largest absolute Gasteiger partial charge is 0.398 e. The van der Waals surface area contributed by atoms with Crippen LogP contribution in [0.3, 0.4) is 0 Å². The molecule has 7 heteroatoms. The van der Waals surface area contributed by atoms with Gasteiger partial charge in [-0.05, 0) is 43.2 Å². The fraction of sp³-hybridized carbons (Fsp3) is 0.538. The third-order valence-electron chi connectivity index (χ3n) is 4.35. The molecule has 2 aliphatic carbocycles. The molecule has 2 fully saturated rings. The van der Waals surface area contributed by atoms with Crippen molar-refractivity contribution in [3.8, 4) is 0 Å². The van der Waals surface area contributed by atoms with Crippen LogP contribution in [0, 0.1) is 11.8 Å². The summed E-state index contributed by atoms with van der Waals surface area (Å²) < 4.78 is 27.8. The second-order valence-electron chi connectivity index (χ2n) is 5.71. The van der Waals surface area contributed by atoms with Gasteiger partial charge in [0, 0.05) is 11.1 Å². The molecule has 2 bridgehead atoms. The van der Waals surface area contributed by atoms with Crippen LogP contribution in [0.25, 0.3) is 0 Å². The van der Waals surface area contributed by atoms with Crippen molar-refractivity contribution in [2.75, 3.05) is 5.73 Å². The average molecular weight is 335 g/mol. The number of fused-ring (bicyclic) bond motifs is 2. The highest BCUT2D eigenvalue weighted by Gasteiger charge is 2.41. The molecule has 20 heavy (non-hydrogen) atoms. The summed E-state index contributed by atoms with van der Waals surface area (Å²) in [6.07, 6.45) is 4.35. The third-order valence-corrected chi connectivity index (χ3v) is 6.58. The molecular weight excluding hydrogens is 319 g/mol. The first kappa shape index (κ1) is 14.4. The first-order chi connectivity index (χ1) is 9.37. The van der Waals surface area contributed by atoms with E-state index in [1.165, 1.54) is 18.6 Å². The van der Waals surface area contributed by atoms with E-state index >= 15 is 0 Å². The Labute approximate surface area is 128 Å². The van der Waals surface area contributed by atoms with Crippen molar-refractivity contribution in [2.24, 2.45) is 11.8 Å². The fourth-order valence-corrected chi connectivity index (χ4v) is 5.81. The van der Waals surface area contributed by atoms with Gasteiger partial charge in [0.15, 0.2) is 0 Å². The standard InChI is InChI=1S/C13H16Cl2N2O2S/c14-9-5-10(15)13(11(16)6-9)20(18,19)17-12-4-7-1-2-8(12)3-7/h5-8,12,17H,1-4,16H2. The number of hydrogen-bond donors (Lipinski definition) is 2. The van der Waals surface area contributed by atoms with E-state index in [0.717, 1.165) is 19.3 Å². The third kappa shape index (κ3) is 2.52. The molecular formula is C13H16Cl2N2O2S. The molecule has 3 unspecified atom stereocenters.